The van der Waals surface area contributed by atoms with Crippen molar-refractivity contribution in [2.24, 2.45) is 0 Å². The Morgan fingerprint density at radius 1 is 0.767 bits per heavy atom. The molecule has 0 radical (unpaired) electrons. The number of benzene rings is 3. The van der Waals surface area contributed by atoms with Gasteiger partial charge in [-0.2, -0.15) is 8.42 Å². The molecule has 0 bridgehead atoms. The molecule has 0 saturated heterocycles. The van der Waals surface area contributed by atoms with E-state index in [2.05, 4.69) is 9.97 Å². The fourth-order valence-electron chi connectivity index (χ4n) is 4.23. The second kappa shape index (κ2) is 6.01. The third-order valence-corrected chi connectivity index (χ3v) is 6.46. The van der Waals surface area contributed by atoms with Gasteiger partial charge in [0.25, 0.3) is 10.1 Å². The Morgan fingerprint density at radius 2 is 1.33 bits per heavy atom. The van der Waals surface area contributed by atoms with Crippen LogP contribution < -0.4 is 10.9 Å². The summed E-state index contributed by atoms with van der Waals surface area (Å²) >= 11 is 0. The topological polar surface area (TPSA) is 120 Å². The van der Waals surface area contributed by atoms with E-state index in [0.29, 0.717) is 27.4 Å². The molecule has 2 aromatic heterocycles. The molecule has 7 nitrogen and oxygen atoms in total. The summed E-state index contributed by atoms with van der Waals surface area (Å²) in [6.45, 7) is 3.53. The van der Waals surface area contributed by atoms with Crippen molar-refractivity contribution in [3.05, 3.63) is 74.0 Å². The molecule has 0 amide bonds. The molecule has 0 aliphatic carbocycles. The molecule has 0 saturated carbocycles. The van der Waals surface area contributed by atoms with Crippen molar-refractivity contribution in [3.8, 4) is 0 Å². The predicted molar refractivity (Wildman–Crippen MR) is 117 cm³/mol. The van der Waals surface area contributed by atoms with Crippen LogP contribution in [0.1, 0.15) is 11.1 Å². The third kappa shape index (κ3) is 2.44. The van der Waals surface area contributed by atoms with E-state index >= 15 is 0 Å². The summed E-state index contributed by atoms with van der Waals surface area (Å²) in [5, 5.41) is 0.631. The number of hydrogen-bond acceptors (Lipinski definition) is 4. The van der Waals surface area contributed by atoms with Crippen LogP contribution in [-0.2, 0) is 10.1 Å². The zero-order valence-corrected chi connectivity index (χ0v) is 16.8. The molecule has 0 atom stereocenters. The third-order valence-electron chi connectivity index (χ3n) is 5.54. The highest BCUT2D eigenvalue weighted by molar-refractivity contribution is 7.86. The zero-order chi connectivity index (χ0) is 21.4. The maximum absolute atomic E-state index is 13.3. The Labute approximate surface area is 169 Å². The van der Waals surface area contributed by atoms with Gasteiger partial charge >= 0.3 is 0 Å². The molecule has 0 spiro atoms. The number of hydrogen-bond donors (Lipinski definition) is 3. The number of fused-ring (bicyclic) bond motifs is 4. The highest BCUT2D eigenvalue weighted by Gasteiger charge is 2.25. The van der Waals surface area contributed by atoms with Gasteiger partial charge in [0.05, 0.1) is 27.5 Å². The molecule has 5 aromatic rings. The SMILES string of the molecule is Cc1cccc2[nH]c3c(S(=O)(=O)O)c4c(=O)c5c(C)cccc5[nH]c4cc3c(=O)c12. The molecule has 2 heterocycles. The summed E-state index contributed by atoms with van der Waals surface area (Å²) in [5.41, 5.74) is 1.49. The maximum atomic E-state index is 13.3. The van der Waals surface area contributed by atoms with Crippen molar-refractivity contribution < 1.29 is 13.0 Å². The van der Waals surface area contributed by atoms with E-state index in [9.17, 15) is 22.6 Å². The van der Waals surface area contributed by atoms with Crippen LogP contribution in [0.2, 0.25) is 0 Å². The Morgan fingerprint density at radius 3 is 1.93 bits per heavy atom. The minimum absolute atomic E-state index is 0.0691. The van der Waals surface area contributed by atoms with Crippen molar-refractivity contribution in [2.75, 3.05) is 0 Å². The molecule has 0 fully saturated rings. The Bertz CT molecular complexity index is 1780. The molecule has 0 unspecified atom stereocenters. The number of H-pyrrole nitrogens is 2. The van der Waals surface area contributed by atoms with Gasteiger partial charge in [-0.25, -0.2) is 0 Å². The zero-order valence-electron chi connectivity index (χ0n) is 16.0. The van der Waals surface area contributed by atoms with Crippen molar-refractivity contribution in [1.82, 2.24) is 9.97 Å². The van der Waals surface area contributed by atoms with E-state index < -0.39 is 20.4 Å². The second-order valence-corrected chi connectivity index (χ2v) is 8.79. The van der Waals surface area contributed by atoms with Gasteiger partial charge in [0.2, 0.25) is 0 Å². The smallest absolute Gasteiger partial charge is 0.297 e. The van der Waals surface area contributed by atoms with Gasteiger partial charge in [-0.05, 0) is 43.2 Å². The van der Waals surface area contributed by atoms with Crippen molar-refractivity contribution in [3.63, 3.8) is 0 Å². The minimum Gasteiger partial charge on any atom is -0.354 e. The fraction of sp³-hybridized carbons (Fsp3) is 0.0909. The average Bonchev–Trinajstić information content (AvgIpc) is 2.66. The lowest BCUT2D eigenvalue weighted by atomic mass is 10.0. The summed E-state index contributed by atoms with van der Waals surface area (Å²) < 4.78 is 34.9. The number of rotatable bonds is 1. The van der Waals surface area contributed by atoms with Crippen LogP contribution >= 0.6 is 0 Å². The van der Waals surface area contributed by atoms with E-state index in [1.54, 1.807) is 50.2 Å². The summed E-state index contributed by atoms with van der Waals surface area (Å²) in [5.74, 6) is 0. The highest BCUT2D eigenvalue weighted by Crippen LogP contribution is 2.30. The molecule has 0 aliphatic heterocycles. The van der Waals surface area contributed by atoms with E-state index in [-0.39, 0.29) is 27.2 Å². The normalized spacial score (nSPS) is 12.4. The van der Waals surface area contributed by atoms with Crippen LogP contribution in [-0.4, -0.2) is 22.9 Å². The fourth-order valence-corrected chi connectivity index (χ4v) is 5.11. The predicted octanol–water partition coefficient (Wildman–Crippen LogP) is 3.54. The van der Waals surface area contributed by atoms with Gasteiger partial charge in [0, 0.05) is 16.2 Å². The van der Waals surface area contributed by atoms with Gasteiger partial charge in [-0.3, -0.25) is 14.1 Å². The molecule has 3 aromatic carbocycles. The van der Waals surface area contributed by atoms with E-state index in [0.717, 1.165) is 5.56 Å². The van der Waals surface area contributed by atoms with Crippen molar-refractivity contribution >= 4 is 53.7 Å². The van der Waals surface area contributed by atoms with Crippen LogP contribution in [0.15, 0.2) is 56.9 Å². The Balaban J connectivity index is 2.19. The van der Waals surface area contributed by atoms with E-state index in [1.165, 1.54) is 6.07 Å². The second-order valence-electron chi connectivity index (χ2n) is 7.43. The highest BCUT2D eigenvalue weighted by atomic mass is 32.2. The molecule has 8 heteroatoms. The first-order valence-electron chi connectivity index (χ1n) is 9.19. The minimum atomic E-state index is -4.85. The number of aromatic nitrogens is 2. The van der Waals surface area contributed by atoms with Crippen LogP contribution in [0.4, 0.5) is 0 Å². The monoisotopic (exact) mass is 420 g/mol. The lowest BCUT2D eigenvalue weighted by Gasteiger charge is -2.12. The average molecular weight is 420 g/mol. The first-order chi connectivity index (χ1) is 14.2. The summed E-state index contributed by atoms with van der Waals surface area (Å²) in [7, 11) is -4.85. The summed E-state index contributed by atoms with van der Waals surface area (Å²) in [6, 6.07) is 11.9. The van der Waals surface area contributed by atoms with E-state index in [1.807, 2.05) is 0 Å². The molecule has 30 heavy (non-hydrogen) atoms. The Kier molecular flexibility index (Phi) is 3.71. The van der Waals surface area contributed by atoms with Crippen molar-refractivity contribution in [2.45, 2.75) is 18.7 Å². The van der Waals surface area contributed by atoms with Crippen LogP contribution in [0.25, 0.3) is 43.6 Å². The van der Waals surface area contributed by atoms with Gasteiger partial charge in [-0.15, -0.1) is 0 Å². The van der Waals surface area contributed by atoms with Crippen LogP contribution in [0, 0.1) is 13.8 Å². The quantitative estimate of drug-likeness (QED) is 0.283. The number of nitrogens with one attached hydrogen (secondary N) is 2. The first kappa shape index (κ1) is 18.5. The molecular formula is C22H16N2O5S. The number of aromatic amines is 2. The summed E-state index contributed by atoms with van der Waals surface area (Å²) in [6.07, 6.45) is 0. The standard InChI is InChI=1S/C22H16N2O5S/c1-10-5-4-8-14-16(10)20(25)12-9-15-18(22(19(12)24-14)30(27,28)29)21(26)17-11(2)6-3-7-13(17)23-15/h3-9H,1-2H3,(H,23,26)(H,24,25)(H,27,28,29). The van der Waals surface area contributed by atoms with Gasteiger partial charge in [0.15, 0.2) is 10.9 Å². The van der Waals surface area contributed by atoms with Gasteiger partial charge in [0.1, 0.15) is 4.90 Å². The van der Waals surface area contributed by atoms with E-state index in [4.69, 9.17) is 0 Å². The maximum Gasteiger partial charge on any atom is 0.297 e. The lowest BCUT2D eigenvalue weighted by molar-refractivity contribution is 0.485. The largest absolute Gasteiger partial charge is 0.354 e. The number of pyridine rings is 2. The van der Waals surface area contributed by atoms with Crippen LogP contribution in [0.5, 0.6) is 0 Å². The lowest BCUT2D eigenvalue weighted by Crippen LogP contribution is -2.15. The van der Waals surface area contributed by atoms with Gasteiger partial charge < -0.3 is 9.97 Å². The molecule has 0 aliphatic rings. The molecule has 3 N–H and O–H groups in total. The molecule has 150 valence electrons. The summed E-state index contributed by atoms with van der Waals surface area (Å²) in [4.78, 5) is 32.0. The first-order valence-corrected chi connectivity index (χ1v) is 10.6. The molecular weight excluding hydrogens is 404 g/mol. The van der Waals surface area contributed by atoms with Crippen LogP contribution in [0.3, 0.4) is 0 Å². The Hall–Kier alpha value is -3.49. The van der Waals surface area contributed by atoms with Gasteiger partial charge in [-0.1, -0.05) is 24.3 Å². The molecule has 5 rings (SSSR count). The van der Waals surface area contributed by atoms with Crippen molar-refractivity contribution in [1.29, 1.82) is 0 Å². The number of aryl methyl sites for hydroxylation is 2.